The van der Waals surface area contributed by atoms with Crippen LogP contribution in [0.3, 0.4) is 0 Å². The minimum atomic E-state index is 0.590. The maximum absolute atomic E-state index is 5.47. The Kier molecular flexibility index (Phi) is 6.30. The predicted molar refractivity (Wildman–Crippen MR) is 113 cm³/mol. The second-order valence-corrected chi connectivity index (χ2v) is 8.10. The van der Waals surface area contributed by atoms with Crippen molar-refractivity contribution < 1.29 is 9.47 Å². The van der Waals surface area contributed by atoms with Gasteiger partial charge in [-0.05, 0) is 54.6 Å². The van der Waals surface area contributed by atoms with E-state index in [9.17, 15) is 0 Å². The minimum absolute atomic E-state index is 0.590. The van der Waals surface area contributed by atoms with E-state index >= 15 is 0 Å². The van der Waals surface area contributed by atoms with E-state index in [2.05, 4.69) is 52.3 Å². The molecule has 0 aromatic heterocycles. The molecule has 2 aromatic rings. The smallest absolute Gasteiger partial charge is 0.124 e. The van der Waals surface area contributed by atoms with E-state index in [0.717, 1.165) is 30.9 Å². The van der Waals surface area contributed by atoms with Crippen molar-refractivity contribution in [2.45, 2.75) is 45.0 Å². The van der Waals surface area contributed by atoms with Gasteiger partial charge in [0.2, 0.25) is 0 Å². The van der Waals surface area contributed by atoms with Crippen LogP contribution in [0.25, 0.3) is 0 Å². The molecule has 2 aromatic carbocycles. The number of hydrogen-bond acceptors (Lipinski definition) is 4. The van der Waals surface area contributed by atoms with E-state index in [4.69, 9.17) is 9.47 Å². The quantitative estimate of drug-likeness (QED) is 0.760. The van der Waals surface area contributed by atoms with Crippen LogP contribution >= 0.6 is 0 Å². The van der Waals surface area contributed by atoms with E-state index in [1.54, 1.807) is 14.2 Å². The summed E-state index contributed by atoms with van der Waals surface area (Å²) in [5.74, 6) is 0.911. The highest BCUT2D eigenvalue weighted by molar-refractivity contribution is 5.37. The highest BCUT2D eigenvalue weighted by Gasteiger charge is 2.27. The van der Waals surface area contributed by atoms with Crippen LogP contribution in [-0.2, 0) is 30.9 Å². The van der Waals surface area contributed by atoms with Crippen LogP contribution in [0.1, 0.15) is 35.1 Å². The topological polar surface area (TPSA) is 24.9 Å². The summed E-state index contributed by atoms with van der Waals surface area (Å²) in [6.45, 7) is 6.24. The first-order chi connectivity index (χ1) is 13.8. The largest absolute Gasteiger partial charge is 0.496 e. The van der Waals surface area contributed by atoms with Crippen molar-refractivity contribution in [2.24, 2.45) is 0 Å². The van der Waals surface area contributed by atoms with Crippen LogP contribution in [0.4, 0.5) is 0 Å². The van der Waals surface area contributed by atoms with E-state index in [1.165, 1.54) is 49.0 Å². The fourth-order valence-corrected chi connectivity index (χ4v) is 4.76. The molecule has 0 bridgehead atoms. The van der Waals surface area contributed by atoms with Gasteiger partial charge in [0.15, 0.2) is 0 Å². The molecule has 1 atom stereocenters. The number of likely N-dealkylation sites (tertiary alicyclic amines) is 1. The summed E-state index contributed by atoms with van der Waals surface area (Å²) in [6, 6.07) is 16.1. The molecule has 150 valence electrons. The van der Waals surface area contributed by atoms with Gasteiger partial charge in [0.1, 0.15) is 5.75 Å². The van der Waals surface area contributed by atoms with E-state index < -0.39 is 0 Å². The van der Waals surface area contributed by atoms with Crippen LogP contribution in [0.2, 0.25) is 0 Å². The number of fused-ring (bicyclic) bond motifs is 1. The average Bonchev–Trinajstić information content (AvgIpc) is 2.74. The summed E-state index contributed by atoms with van der Waals surface area (Å²) in [5.41, 5.74) is 5.53. The lowest BCUT2D eigenvalue weighted by molar-refractivity contribution is 0.0838. The molecule has 2 heterocycles. The van der Waals surface area contributed by atoms with Crippen molar-refractivity contribution >= 4 is 0 Å². The number of nitrogens with zero attached hydrogens (tertiary/aromatic N) is 2. The second-order valence-electron chi connectivity index (χ2n) is 8.10. The van der Waals surface area contributed by atoms with Gasteiger partial charge in [0, 0.05) is 44.9 Å². The molecule has 28 heavy (non-hydrogen) atoms. The molecule has 4 heteroatoms. The lowest BCUT2D eigenvalue weighted by Gasteiger charge is -2.41. The van der Waals surface area contributed by atoms with Crippen LogP contribution in [0.15, 0.2) is 42.5 Å². The average molecular weight is 381 g/mol. The summed E-state index contributed by atoms with van der Waals surface area (Å²) in [7, 11) is 3.46. The predicted octanol–water partition coefficient (Wildman–Crippen LogP) is 3.86. The molecule has 0 saturated carbocycles. The molecule has 1 saturated heterocycles. The maximum atomic E-state index is 5.47. The van der Waals surface area contributed by atoms with E-state index in [0.29, 0.717) is 12.6 Å². The summed E-state index contributed by atoms with van der Waals surface area (Å²) < 4.78 is 10.8. The first-order valence-corrected chi connectivity index (χ1v) is 10.4. The van der Waals surface area contributed by atoms with Gasteiger partial charge in [0.25, 0.3) is 0 Å². The molecule has 0 amide bonds. The molecule has 0 spiro atoms. The first-order valence-electron chi connectivity index (χ1n) is 10.4. The third-order valence-corrected chi connectivity index (χ3v) is 6.21. The standard InChI is InChI=1S/C24H32N2O2/c1-27-18-22-14-19(9-10-24(22)28-2)15-25-12-5-8-23(17-25)26-13-11-20-6-3-4-7-21(20)16-26/h3-4,6-7,9-10,14,23H,5,8,11-13,15-18H2,1-2H3. The molecule has 0 aliphatic carbocycles. The molecule has 2 aliphatic heterocycles. The summed E-state index contributed by atoms with van der Waals surface area (Å²) in [5, 5.41) is 0. The number of rotatable bonds is 6. The lowest BCUT2D eigenvalue weighted by Crippen LogP contribution is -2.49. The molecule has 4 nitrogen and oxygen atoms in total. The molecule has 2 aliphatic rings. The molecule has 4 rings (SSSR count). The Morgan fingerprint density at radius 1 is 1.04 bits per heavy atom. The number of piperidine rings is 1. The minimum Gasteiger partial charge on any atom is -0.496 e. The first kappa shape index (κ1) is 19.4. The van der Waals surface area contributed by atoms with E-state index in [-0.39, 0.29) is 0 Å². The highest BCUT2D eigenvalue weighted by Crippen LogP contribution is 2.26. The van der Waals surface area contributed by atoms with Crippen molar-refractivity contribution in [1.82, 2.24) is 9.80 Å². The van der Waals surface area contributed by atoms with Crippen LogP contribution in [0, 0.1) is 0 Å². The van der Waals surface area contributed by atoms with Gasteiger partial charge in [-0.2, -0.15) is 0 Å². The van der Waals surface area contributed by atoms with Gasteiger partial charge in [-0.3, -0.25) is 9.80 Å². The third-order valence-electron chi connectivity index (χ3n) is 6.21. The lowest BCUT2D eigenvalue weighted by atomic mass is 9.96. The Labute approximate surface area is 169 Å². The van der Waals surface area contributed by atoms with Crippen molar-refractivity contribution in [3.63, 3.8) is 0 Å². The van der Waals surface area contributed by atoms with Gasteiger partial charge < -0.3 is 9.47 Å². The van der Waals surface area contributed by atoms with Crippen LogP contribution in [-0.4, -0.2) is 49.7 Å². The zero-order valence-corrected chi connectivity index (χ0v) is 17.2. The number of hydrogen-bond donors (Lipinski definition) is 0. The molecule has 1 fully saturated rings. The monoisotopic (exact) mass is 380 g/mol. The van der Waals surface area contributed by atoms with Gasteiger partial charge in [-0.25, -0.2) is 0 Å². The SMILES string of the molecule is COCc1cc(CN2CCCC(N3CCc4ccccc4C3)C2)ccc1OC. The van der Waals surface area contributed by atoms with E-state index in [1.807, 2.05) is 0 Å². The van der Waals surface area contributed by atoms with Gasteiger partial charge in [0.05, 0.1) is 13.7 Å². The zero-order valence-electron chi connectivity index (χ0n) is 17.2. The van der Waals surface area contributed by atoms with Crippen LogP contribution in [0.5, 0.6) is 5.75 Å². The van der Waals surface area contributed by atoms with Crippen LogP contribution < -0.4 is 4.74 Å². The number of methoxy groups -OCH3 is 2. The van der Waals surface area contributed by atoms with Crippen molar-refractivity contribution in [1.29, 1.82) is 0 Å². The van der Waals surface area contributed by atoms with Gasteiger partial charge >= 0.3 is 0 Å². The fourth-order valence-electron chi connectivity index (χ4n) is 4.76. The maximum Gasteiger partial charge on any atom is 0.124 e. The van der Waals surface area contributed by atoms with Gasteiger partial charge in [-0.15, -0.1) is 0 Å². The van der Waals surface area contributed by atoms with Crippen molar-refractivity contribution in [3.8, 4) is 5.75 Å². The van der Waals surface area contributed by atoms with Gasteiger partial charge in [-0.1, -0.05) is 30.3 Å². The number of ether oxygens (including phenoxy) is 2. The molecular weight excluding hydrogens is 348 g/mol. The Morgan fingerprint density at radius 2 is 1.89 bits per heavy atom. The Balaban J connectivity index is 1.40. The molecule has 0 N–H and O–H groups in total. The normalized spacial score (nSPS) is 20.7. The fraction of sp³-hybridized carbons (Fsp3) is 0.500. The number of benzene rings is 2. The zero-order chi connectivity index (χ0) is 19.3. The van der Waals surface area contributed by atoms with Crippen molar-refractivity contribution in [3.05, 3.63) is 64.7 Å². The Hall–Kier alpha value is -1.88. The second kappa shape index (κ2) is 9.08. The third kappa shape index (κ3) is 4.40. The molecule has 0 radical (unpaired) electrons. The Bertz CT molecular complexity index is 792. The summed E-state index contributed by atoms with van der Waals surface area (Å²) in [4.78, 5) is 5.33. The molecular formula is C24H32N2O2. The molecule has 1 unspecified atom stereocenters. The Morgan fingerprint density at radius 3 is 2.71 bits per heavy atom. The highest BCUT2D eigenvalue weighted by atomic mass is 16.5. The van der Waals surface area contributed by atoms with Crippen molar-refractivity contribution in [2.75, 3.05) is 33.9 Å². The summed E-state index contributed by atoms with van der Waals surface area (Å²) >= 11 is 0. The summed E-state index contributed by atoms with van der Waals surface area (Å²) in [6.07, 6.45) is 3.78.